The molecule has 1 saturated heterocycles. The van der Waals surface area contributed by atoms with Crippen molar-refractivity contribution in [2.75, 3.05) is 20.7 Å². The molecule has 5 nitrogen and oxygen atoms in total. The summed E-state index contributed by atoms with van der Waals surface area (Å²) in [6.45, 7) is 5.51. The van der Waals surface area contributed by atoms with Crippen molar-refractivity contribution in [1.82, 2.24) is 9.62 Å². The summed E-state index contributed by atoms with van der Waals surface area (Å²) >= 11 is 0. The average Bonchev–Trinajstić information content (AvgIpc) is 2.93. The lowest BCUT2D eigenvalue weighted by molar-refractivity contribution is -0.00701. The van der Waals surface area contributed by atoms with Crippen LogP contribution in [0, 0.1) is 0 Å². The first-order chi connectivity index (χ1) is 10.3. The summed E-state index contributed by atoms with van der Waals surface area (Å²) < 4.78 is 31.9. The molecular formula is C16H26N2O3S. The Morgan fingerprint density at radius 3 is 2.64 bits per heavy atom. The van der Waals surface area contributed by atoms with Crippen molar-refractivity contribution in [1.29, 1.82) is 0 Å². The maximum atomic E-state index is 12.4. The number of nitrogens with one attached hydrogen (secondary N) is 1. The van der Waals surface area contributed by atoms with Gasteiger partial charge >= 0.3 is 0 Å². The van der Waals surface area contributed by atoms with E-state index >= 15 is 0 Å². The summed E-state index contributed by atoms with van der Waals surface area (Å²) in [6, 6.07) is 7.29. The Morgan fingerprint density at radius 2 is 2.05 bits per heavy atom. The van der Waals surface area contributed by atoms with Gasteiger partial charge in [0.05, 0.1) is 10.5 Å². The standard InChI is InChI=1S/C16H26N2O3S/c1-13(16(2)10-7-11-21-16)17-12-14-8-5-6-9-15(14)22(19,20)18(3)4/h5-6,8-9,13,17H,7,10-12H2,1-4H3. The molecule has 2 atom stereocenters. The molecule has 0 aromatic heterocycles. The first-order valence-corrected chi connectivity index (χ1v) is 9.09. The van der Waals surface area contributed by atoms with Crippen LogP contribution in [0.25, 0.3) is 0 Å². The van der Waals surface area contributed by atoms with Crippen LogP contribution in [0.2, 0.25) is 0 Å². The Bertz CT molecular complexity index is 608. The van der Waals surface area contributed by atoms with Crippen LogP contribution in [-0.2, 0) is 21.3 Å². The van der Waals surface area contributed by atoms with E-state index < -0.39 is 10.0 Å². The van der Waals surface area contributed by atoms with Crippen molar-refractivity contribution in [3.8, 4) is 0 Å². The van der Waals surface area contributed by atoms with Gasteiger partial charge in [-0.25, -0.2) is 12.7 Å². The molecule has 0 aliphatic carbocycles. The zero-order valence-electron chi connectivity index (χ0n) is 13.8. The van der Waals surface area contributed by atoms with Crippen LogP contribution in [0.4, 0.5) is 0 Å². The van der Waals surface area contributed by atoms with Gasteiger partial charge in [0.2, 0.25) is 10.0 Å². The van der Waals surface area contributed by atoms with Crippen LogP contribution in [0.1, 0.15) is 32.3 Å². The molecule has 1 aliphatic heterocycles. The fraction of sp³-hybridized carbons (Fsp3) is 0.625. The van der Waals surface area contributed by atoms with Crippen molar-refractivity contribution in [2.24, 2.45) is 0 Å². The summed E-state index contributed by atoms with van der Waals surface area (Å²) in [5.74, 6) is 0. The van der Waals surface area contributed by atoms with E-state index in [-0.39, 0.29) is 11.6 Å². The van der Waals surface area contributed by atoms with Gasteiger partial charge in [-0.05, 0) is 38.3 Å². The monoisotopic (exact) mass is 326 g/mol. The zero-order valence-corrected chi connectivity index (χ0v) is 14.6. The maximum absolute atomic E-state index is 12.4. The second-order valence-electron chi connectivity index (χ2n) is 6.26. The third kappa shape index (κ3) is 3.51. The number of hydrogen-bond donors (Lipinski definition) is 1. The Morgan fingerprint density at radius 1 is 1.36 bits per heavy atom. The quantitative estimate of drug-likeness (QED) is 0.868. The molecule has 1 aliphatic rings. The lowest BCUT2D eigenvalue weighted by Crippen LogP contribution is -2.46. The Balaban J connectivity index is 2.14. The summed E-state index contributed by atoms with van der Waals surface area (Å²) in [6.07, 6.45) is 2.10. The number of sulfonamides is 1. The first kappa shape index (κ1) is 17.4. The molecule has 22 heavy (non-hydrogen) atoms. The highest BCUT2D eigenvalue weighted by Crippen LogP contribution is 2.29. The number of benzene rings is 1. The first-order valence-electron chi connectivity index (χ1n) is 7.65. The summed E-state index contributed by atoms with van der Waals surface area (Å²) in [5, 5.41) is 3.42. The molecule has 124 valence electrons. The van der Waals surface area contributed by atoms with Gasteiger partial charge in [0, 0.05) is 33.3 Å². The minimum absolute atomic E-state index is 0.158. The highest BCUT2D eigenvalue weighted by molar-refractivity contribution is 7.89. The van der Waals surface area contributed by atoms with Crippen LogP contribution in [0.15, 0.2) is 29.2 Å². The second-order valence-corrected chi connectivity index (χ2v) is 8.38. The lowest BCUT2D eigenvalue weighted by Gasteiger charge is -2.31. The number of rotatable bonds is 6. The maximum Gasteiger partial charge on any atom is 0.242 e. The molecule has 2 unspecified atom stereocenters. The van der Waals surface area contributed by atoms with Gasteiger partial charge in [0.25, 0.3) is 0 Å². The molecule has 0 amide bonds. The van der Waals surface area contributed by atoms with Gasteiger partial charge < -0.3 is 10.1 Å². The predicted molar refractivity (Wildman–Crippen MR) is 87.2 cm³/mol. The van der Waals surface area contributed by atoms with E-state index in [2.05, 4.69) is 19.2 Å². The van der Waals surface area contributed by atoms with Crippen LogP contribution >= 0.6 is 0 Å². The third-order valence-electron chi connectivity index (χ3n) is 4.50. The van der Waals surface area contributed by atoms with Crippen molar-refractivity contribution in [2.45, 2.75) is 49.8 Å². The van der Waals surface area contributed by atoms with E-state index in [1.165, 1.54) is 4.31 Å². The molecule has 1 aromatic carbocycles. The fourth-order valence-electron chi connectivity index (χ4n) is 2.72. The summed E-state index contributed by atoms with van der Waals surface area (Å²) in [5.41, 5.74) is 0.611. The van der Waals surface area contributed by atoms with E-state index in [1.54, 1.807) is 26.2 Å². The molecule has 1 heterocycles. The molecule has 0 saturated carbocycles. The van der Waals surface area contributed by atoms with E-state index in [1.807, 2.05) is 12.1 Å². The van der Waals surface area contributed by atoms with Gasteiger partial charge in [0.1, 0.15) is 0 Å². The largest absolute Gasteiger partial charge is 0.374 e. The predicted octanol–water partition coefficient (Wildman–Crippen LogP) is 1.98. The highest BCUT2D eigenvalue weighted by Gasteiger charge is 2.35. The van der Waals surface area contributed by atoms with Gasteiger partial charge in [0.15, 0.2) is 0 Å². The topological polar surface area (TPSA) is 58.6 Å². The molecule has 6 heteroatoms. The second kappa shape index (κ2) is 6.66. The van der Waals surface area contributed by atoms with E-state index in [9.17, 15) is 8.42 Å². The zero-order chi connectivity index (χ0) is 16.4. The van der Waals surface area contributed by atoms with Crippen molar-refractivity contribution < 1.29 is 13.2 Å². The Hall–Kier alpha value is -0.950. The Labute approximate surface area is 133 Å². The molecule has 0 radical (unpaired) electrons. The molecule has 1 aromatic rings. The van der Waals surface area contributed by atoms with E-state index in [0.29, 0.717) is 11.4 Å². The van der Waals surface area contributed by atoms with Crippen LogP contribution in [0.5, 0.6) is 0 Å². The molecule has 2 rings (SSSR count). The van der Waals surface area contributed by atoms with Gasteiger partial charge in [-0.1, -0.05) is 18.2 Å². The Kier molecular flexibility index (Phi) is 5.27. The number of ether oxygens (including phenoxy) is 1. The van der Waals surface area contributed by atoms with Crippen molar-refractivity contribution in [3.63, 3.8) is 0 Å². The van der Waals surface area contributed by atoms with Crippen molar-refractivity contribution >= 4 is 10.0 Å². The van der Waals surface area contributed by atoms with Crippen LogP contribution in [0.3, 0.4) is 0 Å². The van der Waals surface area contributed by atoms with Crippen molar-refractivity contribution in [3.05, 3.63) is 29.8 Å². The lowest BCUT2D eigenvalue weighted by atomic mass is 9.94. The van der Waals surface area contributed by atoms with Crippen LogP contribution in [-0.4, -0.2) is 45.1 Å². The highest BCUT2D eigenvalue weighted by atomic mass is 32.2. The van der Waals surface area contributed by atoms with Gasteiger partial charge in [-0.2, -0.15) is 0 Å². The van der Waals surface area contributed by atoms with E-state index in [0.717, 1.165) is 25.0 Å². The fourth-order valence-corrected chi connectivity index (χ4v) is 3.83. The molecule has 0 spiro atoms. The number of nitrogens with zero attached hydrogens (tertiary/aromatic N) is 1. The molecular weight excluding hydrogens is 300 g/mol. The molecule has 1 N–H and O–H groups in total. The molecule has 1 fully saturated rings. The molecule has 0 bridgehead atoms. The summed E-state index contributed by atoms with van der Waals surface area (Å²) in [7, 11) is -0.325. The van der Waals surface area contributed by atoms with E-state index in [4.69, 9.17) is 4.74 Å². The number of hydrogen-bond acceptors (Lipinski definition) is 4. The third-order valence-corrected chi connectivity index (χ3v) is 6.41. The SMILES string of the molecule is CC(NCc1ccccc1S(=O)(=O)N(C)C)C1(C)CCCO1. The average molecular weight is 326 g/mol. The van der Waals surface area contributed by atoms with Gasteiger partial charge in [-0.15, -0.1) is 0 Å². The van der Waals surface area contributed by atoms with Crippen LogP contribution < -0.4 is 5.32 Å². The normalized spacial score (nSPS) is 23.9. The minimum atomic E-state index is -3.43. The van der Waals surface area contributed by atoms with Gasteiger partial charge in [-0.3, -0.25) is 0 Å². The smallest absolute Gasteiger partial charge is 0.242 e. The summed E-state index contributed by atoms with van der Waals surface area (Å²) in [4.78, 5) is 0.359. The minimum Gasteiger partial charge on any atom is -0.374 e.